The summed E-state index contributed by atoms with van der Waals surface area (Å²) in [4.78, 5) is 47.7. The molecule has 2 aromatic rings. The van der Waals surface area contributed by atoms with Gasteiger partial charge in [0.15, 0.2) is 17.6 Å². The van der Waals surface area contributed by atoms with Crippen molar-refractivity contribution in [1.29, 1.82) is 0 Å². The van der Waals surface area contributed by atoms with Crippen molar-refractivity contribution >= 4 is 69.5 Å². The molecule has 1 unspecified atom stereocenters. The molecule has 2 rings (SSSR count). The Morgan fingerprint density at radius 2 is 1.61 bits per heavy atom. The van der Waals surface area contributed by atoms with E-state index in [9.17, 15) is 24.5 Å². The van der Waals surface area contributed by atoms with Crippen LogP contribution in [-0.2, 0) is 14.4 Å². The SMILES string of the molecule is CC(=O)Oc1c(Cl)cc(NC(C(=O)Nc2cc([N+](=O)[O-])ccc2Cl)C(=O)C(C)(C)C)cc1Cl. The highest BCUT2D eigenvalue weighted by Gasteiger charge is 2.35. The molecule has 0 spiro atoms. The first kappa shape index (κ1) is 26.4. The van der Waals surface area contributed by atoms with Crippen LogP contribution in [0.5, 0.6) is 5.75 Å². The average molecular weight is 517 g/mol. The summed E-state index contributed by atoms with van der Waals surface area (Å²) >= 11 is 18.3. The molecule has 0 radical (unpaired) electrons. The summed E-state index contributed by atoms with van der Waals surface area (Å²) in [5.74, 6) is -2.00. The van der Waals surface area contributed by atoms with Crippen molar-refractivity contribution in [3.05, 3.63) is 55.5 Å². The second-order valence-corrected chi connectivity index (χ2v) is 9.19. The molecule has 0 heterocycles. The maximum atomic E-state index is 13.1. The lowest BCUT2D eigenvalue weighted by Gasteiger charge is -2.26. The molecule has 9 nitrogen and oxygen atoms in total. The van der Waals surface area contributed by atoms with E-state index < -0.39 is 34.0 Å². The second-order valence-electron chi connectivity index (χ2n) is 7.96. The number of non-ortho nitro benzene ring substituents is 1. The molecule has 176 valence electrons. The van der Waals surface area contributed by atoms with Crippen molar-refractivity contribution < 1.29 is 24.0 Å². The lowest BCUT2D eigenvalue weighted by Crippen LogP contribution is -2.46. The molecule has 2 N–H and O–H groups in total. The molecule has 1 amide bonds. The second kappa shape index (κ2) is 10.4. The van der Waals surface area contributed by atoms with E-state index in [4.69, 9.17) is 39.5 Å². The van der Waals surface area contributed by atoms with Crippen LogP contribution < -0.4 is 15.4 Å². The van der Waals surface area contributed by atoms with Crippen molar-refractivity contribution in [3.8, 4) is 5.75 Å². The van der Waals surface area contributed by atoms with Crippen LogP contribution in [-0.4, -0.2) is 28.6 Å². The third kappa shape index (κ3) is 6.80. The highest BCUT2D eigenvalue weighted by atomic mass is 35.5. The van der Waals surface area contributed by atoms with Crippen LogP contribution in [0, 0.1) is 15.5 Å². The van der Waals surface area contributed by atoms with Crippen molar-refractivity contribution in [2.45, 2.75) is 33.7 Å². The summed E-state index contributed by atoms with van der Waals surface area (Å²) in [6, 6.07) is 4.76. The maximum absolute atomic E-state index is 13.1. The first-order chi connectivity index (χ1) is 15.2. The van der Waals surface area contributed by atoms with Gasteiger partial charge in [-0.15, -0.1) is 0 Å². The van der Waals surface area contributed by atoms with Gasteiger partial charge in [-0.05, 0) is 18.2 Å². The minimum Gasteiger partial charge on any atom is -0.424 e. The Kier molecular flexibility index (Phi) is 8.29. The molecule has 1 atom stereocenters. The van der Waals surface area contributed by atoms with E-state index in [1.165, 1.54) is 31.2 Å². The fraction of sp³-hybridized carbons (Fsp3) is 0.286. The van der Waals surface area contributed by atoms with Crippen LogP contribution in [0.4, 0.5) is 17.1 Å². The van der Waals surface area contributed by atoms with E-state index in [1.807, 2.05) is 0 Å². The van der Waals surface area contributed by atoms with Crippen LogP contribution in [0.25, 0.3) is 0 Å². The Hall–Kier alpha value is -2.88. The van der Waals surface area contributed by atoms with Gasteiger partial charge >= 0.3 is 5.97 Å². The van der Waals surface area contributed by atoms with Crippen LogP contribution in [0.2, 0.25) is 15.1 Å². The molecule has 0 saturated carbocycles. The number of rotatable bonds is 7. The summed E-state index contributed by atoms with van der Waals surface area (Å²) in [6.07, 6.45) is 0. The predicted molar refractivity (Wildman–Crippen MR) is 126 cm³/mol. The summed E-state index contributed by atoms with van der Waals surface area (Å²) in [6.45, 7) is 6.06. The summed E-state index contributed by atoms with van der Waals surface area (Å²) in [5.41, 5.74) is -1.07. The lowest BCUT2D eigenvalue weighted by atomic mass is 9.86. The lowest BCUT2D eigenvalue weighted by molar-refractivity contribution is -0.384. The topological polar surface area (TPSA) is 128 Å². The zero-order chi connectivity index (χ0) is 25.1. The Morgan fingerprint density at radius 1 is 1.03 bits per heavy atom. The molecule has 33 heavy (non-hydrogen) atoms. The van der Waals surface area contributed by atoms with Gasteiger partial charge in [0.1, 0.15) is 0 Å². The number of carbonyl (C=O) groups is 3. The smallest absolute Gasteiger partial charge is 0.308 e. The Bertz CT molecular complexity index is 1110. The molecule has 0 aliphatic carbocycles. The van der Waals surface area contributed by atoms with Gasteiger partial charge < -0.3 is 15.4 Å². The van der Waals surface area contributed by atoms with Gasteiger partial charge in [0, 0.05) is 30.2 Å². The predicted octanol–water partition coefficient (Wildman–Crippen LogP) is 5.51. The van der Waals surface area contributed by atoms with E-state index in [-0.39, 0.29) is 37.9 Å². The van der Waals surface area contributed by atoms with Crippen LogP contribution in [0.3, 0.4) is 0 Å². The minimum absolute atomic E-state index is 0.0238. The fourth-order valence-electron chi connectivity index (χ4n) is 2.66. The van der Waals surface area contributed by atoms with Crippen molar-refractivity contribution in [2.24, 2.45) is 5.41 Å². The van der Waals surface area contributed by atoms with Gasteiger partial charge in [0.25, 0.3) is 11.6 Å². The van der Waals surface area contributed by atoms with Gasteiger partial charge in [-0.3, -0.25) is 24.5 Å². The van der Waals surface area contributed by atoms with E-state index in [1.54, 1.807) is 20.8 Å². The van der Waals surface area contributed by atoms with Crippen LogP contribution in [0.15, 0.2) is 30.3 Å². The molecule has 0 saturated heterocycles. The molecular weight excluding hydrogens is 497 g/mol. The monoisotopic (exact) mass is 515 g/mol. The number of hydrogen-bond donors (Lipinski definition) is 2. The summed E-state index contributed by atoms with van der Waals surface area (Å²) in [7, 11) is 0. The number of amides is 1. The zero-order valence-electron chi connectivity index (χ0n) is 18.0. The number of halogens is 3. The number of anilines is 2. The number of carbonyl (C=O) groups excluding carboxylic acids is 3. The quantitative estimate of drug-likeness (QED) is 0.163. The van der Waals surface area contributed by atoms with E-state index in [0.717, 1.165) is 6.07 Å². The van der Waals surface area contributed by atoms with Gasteiger partial charge in [0.2, 0.25) is 0 Å². The maximum Gasteiger partial charge on any atom is 0.308 e. The molecule has 0 fully saturated rings. The number of hydrogen-bond acceptors (Lipinski definition) is 7. The summed E-state index contributed by atoms with van der Waals surface area (Å²) < 4.78 is 4.96. The van der Waals surface area contributed by atoms with Crippen molar-refractivity contribution in [1.82, 2.24) is 0 Å². The van der Waals surface area contributed by atoms with Crippen LogP contribution >= 0.6 is 34.8 Å². The summed E-state index contributed by atoms with van der Waals surface area (Å²) in [5, 5.41) is 16.3. The highest BCUT2D eigenvalue weighted by Crippen LogP contribution is 2.37. The average Bonchev–Trinajstić information content (AvgIpc) is 2.69. The third-order valence-corrected chi connectivity index (χ3v) is 5.13. The third-order valence-electron chi connectivity index (χ3n) is 4.24. The first-order valence-electron chi connectivity index (χ1n) is 9.44. The number of Topliss-reactive ketones (excluding diaryl/α,β-unsaturated/α-hetero) is 1. The van der Waals surface area contributed by atoms with Crippen molar-refractivity contribution in [3.63, 3.8) is 0 Å². The largest absolute Gasteiger partial charge is 0.424 e. The number of esters is 1. The van der Waals surface area contributed by atoms with Gasteiger partial charge in [-0.2, -0.15) is 0 Å². The number of nitrogens with zero attached hydrogens (tertiary/aromatic N) is 1. The van der Waals surface area contributed by atoms with Gasteiger partial charge in [0.05, 0.1) is 25.7 Å². The van der Waals surface area contributed by atoms with Gasteiger partial charge in [-0.25, -0.2) is 0 Å². The molecule has 0 aliphatic rings. The van der Waals surface area contributed by atoms with E-state index in [2.05, 4.69) is 10.6 Å². The Balaban J connectivity index is 2.41. The molecule has 12 heteroatoms. The van der Waals surface area contributed by atoms with Gasteiger partial charge in [-0.1, -0.05) is 55.6 Å². The first-order valence-corrected chi connectivity index (χ1v) is 10.6. The number of nitro benzene ring substituents is 1. The normalized spacial score (nSPS) is 12.0. The molecule has 0 bridgehead atoms. The van der Waals surface area contributed by atoms with Crippen LogP contribution in [0.1, 0.15) is 27.7 Å². The molecular formula is C21H20Cl3N3O6. The number of nitro groups is 1. The number of benzene rings is 2. The molecule has 2 aromatic carbocycles. The molecule has 0 aliphatic heterocycles. The highest BCUT2D eigenvalue weighted by molar-refractivity contribution is 6.38. The number of ketones is 1. The minimum atomic E-state index is -1.44. The zero-order valence-corrected chi connectivity index (χ0v) is 20.3. The Labute approximate surface area is 204 Å². The fourth-order valence-corrected chi connectivity index (χ4v) is 3.39. The Morgan fingerprint density at radius 3 is 2.09 bits per heavy atom. The molecule has 0 aromatic heterocycles. The number of ether oxygens (including phenoxy) is 1. The van der Waals surface area contributed by atoms with E-state index in [0.29, 0.717) is 0 Å². The van der Waals surface area contributed by atoms with Crippen molar-refractivity contribution in [2.75, 3.05) is 10.6 Å². The van der Waals surface area contributed by atoms with E-state index >= 15 is 0 Å². The number of nitrogens with one attached hydrogen (secondary N) is 2. The standard InChI is InChI=1S/C21H20Cl3N3O6/c1-10(28)33-18-14(23)7-11(8-15(18)24)25-17(19(29)21(2,3)4)20(30)26-16-9-12(27(31)32)5-6-13(16)22/h5-9,17,25H,1-4H3,(H,26,30).